The van der Waals surface area contributed by atoms with Crippen LogP contribution in [0.25, 0.3) is 10.8 Å². The Morgan fingerprint density at radius 2 is 1.90 bits per heavy atom. The summed E-state index contributed by atoms with van der Waals surface area (Å²) in [6.45, 7) is 0. The van der Waals surface area contributed by atoms with Gasteiger partial charge in [-0.1, -0.05) is 47.6 Å². The number of phenolic OH excluding ortho intramolecular Hbond substituents is 1. The van der Waals surface area contributed by atoms with Crippen molar-refractivity contribution < 1.29 is 5.11 Å². The molecule has 0 aliphatic rings. The second-order valence-corrected chi connectivity index (χ2v) is 5.49. The molecule has 2 N–H and O–H groups in total. The van der Waals surface area contributed by atoms with Gasteiger partial charge in [0.15, 0.2) is 0 Å². The van der Waals surface area contributed by atoms with Crippen LogP contribution in [-0.2, 0) is 0 Å². The molecule has 0 unspecified atom stereocenters. The molecule has 0 fully saturated rings. The van der Waals surface area contributed by atoms with Gasteiger partial charge in [0.05, 0.1) is 6.33 Å². The Bertz CT molecular complexity index is 848. The number of nitrogens with zero attached hydrogens (tertiary/aromatic N) is 1. The number of aromatic hydroxyl groups is 1. The van der Waals surface area contributed by atoms with Gasteiger partial charge in [-0.3, -0.25) is 4.79 Å². The van der Waals surface area contributed by atoms with E-state index < -0.39 is 0 Å². The number of benzene rings is 2. The lowest BCUT2D eigenvalue weighted by atomic mass is 10.1. The standard InChI is InChI=1S/C14H9ClN2O2S/c15-12-13(19)16-7-17-14(12)20-11-6-5-10(18)8-3-1-2-4-9(8)11/h1-7,18H,(H,16,17,19). The number of aromatic nitrogens is 2. The lowest BCUT2D eigenvalue weighted by Crippen LogP contribution is -2.07. The number of phenols is 1. The van der Waals surface area contributed by atoms with Crippen molar-refractivity contribution in [2.75, 3.05) is 0 Å². The van der Waals surface area contributed by atoms with E-state index in [1.54, 1.807) is 12.1 Å². The first-order valence-corrected chi connectivity index (χ1v) is 6.98. The first kappa shape index (κ1) is 13.0. The van der Waals surface area contributed by atoms with Crippen LogP contribution in [-0.4, -0.2) is 15.1 Å². The molecule has 3 aromatic rings. The third-order valence-electron chi connectivity index (χ3n) is 2.83. The van der Waals surface area contributed by atoms with E-state index >= 15 is 0 Å². The number of nitrogens with one attached hydrogen (secondary N) is 1. The molecule has 6 heteroatoms. The van der Waals surface area contributed by atoms with E-state index in [0.717, 1.165) is 15.7 Å². The van der Waals surface area contributed by atoms with Gasteiger partial charge in [0.1, 0.15) is 15.8 Å². The molecule has 1 heterocycles. The summed E-state index contributed by atoms with van der Waals surface area (Å²) >= 11 is 7.24. The van der Waals surface area contributed by atoms with Crippen molar-refractivity contribution in [3.05, 3.63) is 58.1 Å². The average Bonchev–Trinajstić information content (AvgIpc) is 2.47. The molecule has 1 aromatic heterocycles. The fraction of sp³-hybridized carbons (Fsp3) is 0. The minimum Gasteiger partial charge on any atom is -0.507 e. The minimum atomic E-state index is -0.368. The molecule has 4 nitrogen and oxygen atoms in total. The van der Waals surface area contributed by atoms with Crippen LogP contribution < -0.4 is 5.56 Å². The first-order chi connectivity index (χ1) is 9.66. The zero-order valence-electron chi connectivity index (χ0n) is 10.1. The average molecular weight is 305 g/mol. The van der Waals surface area contributed by atoms with Crippen molar-refractivity contribution in [3.63, 3.8) is 0 Å². The molecule has 0 aliphatic carbocycles. The van der Waals surface area contributed by atoms with E-state index in [2.05, 4.69) is 9.97 Å². The highest BCUT2D eigenvalue weighted by Gasteiger charge is 2.11. The second-order valence-electron chi connectivity index (χ2n) is 4.08. The number of rotatable bonds is 2. The quantitative estimate of drug-likeness (QED) is 0.712. The van der Waals surface area contributed by atoms with Crippen molar-refractivity contribution >= 4 is 34.1 Å². The third-order valence-corrected chi connectivity index (χ3v) is 4.37. The molecule has 0 saturated carbocycles. The van der Waals surface area contributed by atoms with Crippen molar-refractivity contribution in [1.82, 2.24) is 9.97 Å². The van der Waals surface area contributed by atoms with Gasteiger partial charge < -0.3 is 10.1 Å². The van der Waals surface area contributed by atoms with Crippen molar-refractivity contribution in [1.29, 1.82) is 0 Å². The minimum absolute atomic E-state index is 0.0645. The summed E-state index contributed by atoms with van der Waals surface area (Å²) < 4.78 is 0. The van der Waals surface area contributed by atoms with Crippen LogP contribution in [0.5, 0.6) is 5.75 Å². The van der Waals surface area contributed by atoms with Crippen LogP contribution in [0.3, 0.4) is 0 Å². The smallest absolute Gasteiger partial charge is 0.270 e. The summed E-state index contributed by atoms with van der Waals surface area (Å²) in [4.78, 5) is 18.8. The Balaban J connectivity index is 2.14. The maximum Gasteiger partial charge on any atom is 0.270 e. The van der Waals surface area contributed by atoms with E-state index in [1.165, 1.54) is 18.1 Å². The lowest BCUT2D eigenvalue weighted by Gasteiger charge is -2.07. The Labute approximate surface area is 123 Å². The molecule has 0 amide bonds. The molecule has 0 bridgehead atoms. The highest BCUT2D eigenvalue weighted by Crippen LogP contribution is 2.37. The molecule has 0 saturated heterocycles. The topological polar surface area (TPSA) is 66.0 Å². The maximum absolute atomic E-state index is 11.5. The summed E-state index contributed by atoms with van der Waals surface area (Å²) in [5.41, 5.74) is -0.368. The number of hydrogen-bond donors (Lipinski definition) is 2. The first-order valence-electron chi connectivity index (χ1n) is 5.78. The third kappa shape index (κ3) is 2.26. The summed E-state index contributed by atoms with van der Waals surface area (Å²) in [7, 11) is 0. The number of fused-ring (bicyclic) bond motifs is 1. The molecule has 2 aromatic carbocycles. The van der Waals surface area contributed by atoms with E-state index in [4.69, 9.17) is 11.6 Å². The summed E-state index contributed by atoms with van der Waals surface area (Å²) in [5, 5.41) is 12.0. The van der Waals surface area contributed by atoms with Crippen LogP contribution in [0.15, 0.2) is 57.4 Å². The van der Waals surface area contributed by atoms with E-state index in [-0.39, 0.29) is 16.3 Å². The fourth-order valence-electron chi connectivity index (χ4n) is 1.89. The number of hydrogen-bond acceptors (Lipinski definition) is 4. The molecule has 0 spiro atoms. The van der Waals surface area contributed by atoms with Gasteiger partial charge in [0.25, 0.3) is 5.56 Å². The number of aromatic amines is 1. The highest BCUT2D eigenvalue weighted by atomic mass is 35.5. The summed E-state index contributed by atoms with van der Waals surface area (Å²) in [6.07, 6.45) is 1.32. The van der Waals surface area contributed by atoms with Crippen LogP contribution >= 0.6 is 23.4 Å². The van der Waals surface area contributed by atoms with Crippen LogP contribution in [0, 0.1) is 0 Å². The monoisotopic (exact) mass is 304 g/mol. The van der Waals surface area contributed by atoms with Crippen molar-refractivity contribution in [3.8, 4) is 5.75 Å². The van der Waals surface area contributed by atoms with Crippen LogP contribution in [0.2, 0.25) is 5.02 Å². The number of H-pyrrole nitrogens is 1. The van der Waals surface area contributed by atoms with Gasteiger partial charge in [-0.25, -0.2) is 4.98 Å². The second kappa shape index (κ2) is 5.19. The van der Waals surface area contributed by atoms with E-state index in [9.17, 15) is 9.90 Å². The molecule has 3 rings (SSSR count). The van der Waals surface area contributed by atoms with E-state index in [1.807, 2.05) is 24.3 Å². The molecule has 0 radical (unpaired) electrons. The van der Waals surface area contributed by atoms with Gasteiger partial charge in [-0.05, 0) is 17.5 Å². The Hall–Kier alpha value is -1.98. The molecular weight excluding hydrogens is 296 g/mol. The maximum atomic E-state index is 11.5. The molecule has 20 heavy (non-hydrogen) atoms. The summed E-state index contributed by atoms with van der Waals surface area (Å²) in [6, 6.07) is 10.9. The summed E-state index contributed by atoms with van der Waals surface area (Å²) in [5.74, 6) is 0.218. The fourth-order valence-corrected chi connectivity index (χ4v) is 3.03. The Morgan fingerprint density at radius 3 is 2.70 bits per heavy atom. The van der Waals surface area contributed by atoms with Gasteiger partial charge >= 0.3 is 0 Å². The molecule has 0 aliphatic heterocycles. The molecule has 0 atom stereocenters. The Kier molecular flexibility index (Phi) is 3.38. The predicted molar refractivity (Wildman–Crippen MR) is 79.6 cm³/mol. The van der Waals surface area contributed by atoms with Crippen molar-refractivity contribution in [2.24, 2.45) is 0 Å². The normalized spacial score (nSPS) is 10.8. The molecular formula is C14H9ClN2O2S. The van der Waals surface area contributed by atoms with Crippen LogP contribution in [0.1, 0.15) is 0 Å². The van der Waals surface area contributed by atoms with Gasteiger partial charge in [-0.2, -0.15) is 0 Å². The van der Waals surface area contributed by atoms with Crippen molar-refractivity contribution in [2.45, 2.75) is 9.92 Å². The zero-order valence-corrected chi connectivity index (χ0v) is 11.7. The van der Waals surface area contributed by atoms with E-state index in [0.29, 0.717) is 5.03 Å². The SMILES string of the molecule is O=c1[nH]cnc(Sc2ccc(O)c3ccccc23)c1Cl. The lowest BCUT2D eigenvalue weighted by molar-refractivity contribution is 0.481. The largest absolute Gasteiger partial charge is 0.507 e. The highest BCUT2D eigenvalue weighted by molar-refractivity contribution is 7.99. The molecule has 100 valence electrons. The van der Waals surface area contributed by atoms with Gasteiger partial charge in [0.2, 0.25) is 0 Å². The number of halogens is 1. The van der Waals surface area contributed by atoms with Gasteiger partial charge in [-0.15, -0.1) is 0 Å². The van der Waals surface area contributed by atoms with Gasteiger partial charge in [0, 0.05) is 10.3 Å². The Morgan fingerprint density at radius 1 is 1.15 bits per heavy atom. The predicted octanol–water partition coefficient (Wildman–Crippen LogP) is 3.43. The zero-order chi connectivity index (χ0) is 14.1. The van der Waals surface area contributed by atoms with Crippen LogP contribution in [0.4, 0.5) is 0 Å².